The summed E-state index contributed by atoms with van der Waals surface area (Å²) < 4.78 is 0. The first-order valence-corrected chi connectivity index (χ1v) is 6.40. The summed E-state index contributed by atoms with van der Waals surface area (Å²) in [6.07, 6.45) is 3.52. The van der Waals surface area contributed by atoms with Gasteiger partial charge in [0.25, 0.3) is 0 Å². The first kappa shape index (κ1) is 9.83. The van der Waals surface area contributed by atoms with Gasteiger partial charge in [-0.15, -0.1) is 0 Å². The number of rotatable bonds is 3. The van der Waals surface area contributed by atoms with Crippen LogP contribution in [0.25, 0.3) is 0 Å². The van der Waals surface area contributed by atoms with Crippen LogP contribution in [0.3, 0.4) is 0 Å². The highest BCUT2D eigenvalue weighted by atomic mass is 16.1. The zero-order chi connectivity index (χ0) is 10.8. The van der Waals surface area contributed by atoms with Crippen molar-refractivity contribution in [2.24, 2.45) is 17.3 Å². The molecular weight excluding hydrogens is 186 g/mol. The van der Waals surface area contributed by atoms with Crippen LogP contribution < -0.4 is 0 Å². The van der Waals surface area contributed by atoms with Crippen LogP contribution in [0.5, 0.6) is 0 Å². The van der Waals surface area contributed by atoms with E-state index in [1.54, 1.807) is 0 Å². The summed E-state index contributed by atoms with van der Waals surface area (Å²) in [6.45, 7) is 7.65. The largest absolute Gasteiger partial charge is 0.298 e. The third-order valence-corrected chi connectivity index (χ3v) is 5.00. The summed E-state index contributed by atoms with van der Waals surface area (Å²) >= 11 is 0. The maximum absolute atomic E-state index is 12.0. The Kier molecular flexibility index (Phi) is 1.87. The zero-order valence-electron chi connectivity index (χ0n) is 9.99. The third-order valence-electron chi connectivity index (χ3n) is 5.00. The van der Waals surface area contributed by atoms with Crippen LogP contribution in [0, 0.1) is 17.3 Å². The van der Waals surface area contributed by atoms with Crippen LogP contribution in [0.2, 0.25) is 0 Å². The molecule has 0 aromatic carbocycles. The lowest BCUT2D eigenvalue weighted by atomic mass is 10.0. The van der Waals surface area contributed by atoms with Gasteiger partial charge in [0.15, 0.2) is 0 Å². The molecule has 2 saturated carbocycles. The van der Waals surface area contributed by atoms with E-state index in [0.29, 0.717) is 23.7 Å². The van der Waals surface area contributed by atoms with Gasteiger partial charge in [0.1, 0.15) is 5.78 Å². The van der Waals surface area contributed by atoms with Crippen molar-refractivity contribution < 1.29 is 4.79 Å². The van der Waals surface area contributed by atoms with E-state index in [9.17, 15) is 4.79 Å². The average Bonchev–Trinajstić information content (AvgIpc) is 3.06. The van der Waals surface area contributed by atoms with Crippen molar-refractivity contribution >= 4 is 5.78 Å². The van der Waals surface area contributed by atoms with E-state index in [1.165, 1.54) is 19.4 Å². The molecule has 0 aromatic heterocycles. The van der Waals surface area contributed by atoms with Crippen molar-refractivity contribution in [1.29, 1.82) is 0 Å². The molecule has 84 valence electrons. The lowest BCUT2D eigenvalue weighted by Crippen LogP contribution is -2.44. The molecule has 2 aliphatic carbocycles. The quantitative estimate of drug-likeness (QED) is 0.706. The van der Waals surface area contributed by atoms with Gasteiger partial charge in [-0.05, 0) is 43.9 Å². The molecule has 3 unspecified atom stereocenters. The highest BCUT2D eigenvalue weighted by molar-refractivity contribution is 5.85. The zero-order valence-corrected chi connectivity index (χ0v) is 9.99. The minimum atomic E-state index is 0.280. The minimum absolute atomic E-state index is 0.280. The monoisotopic (exact) mass is 207 g/mol. The molecular formula is C13H21NO. The van der Waals surface area contributed by atoms with Gasteiger partial charge >= 0.3 is 0 Å². The molecule has 1 saturated heterocycles. The van der Waals surface area contributed by atoms with Crippen LogP contribution >= 0.6 is 0 Å². The minimum Gasteiger partial charge on any atom is -0.298 e. The van der Waals surface area contributed by atoms with Gasteiger partial charge in [-0.1, -0.05) is 6.92 Å². The number of fused-ring (bicyclic) bond motifs is 3. The van der Waals surface area contributed by atoms with Gasteiger partial charge in [-0.3, -0.25) is 9.69 Å². The van der Waals surface area contributed by atoms with Crippen molar-refractivity contribution in [1.82, 2.24) is 4.90 Å². The SMILES string of the molecule is CCC(=O)C1C2C(CN1C(C)C)C21CC1. The summed E-state index contributed by atoms with van der Waals surface area (Å²) in [6, 6.07) is 0.816. The number of piperidine rings is 1. The van der Waals surface area contributed by atoms with E-state index in [1.807, 2.05) is 6.92 Å². The van der Waals surface area contributed by atoms with Gasteiger partial charge in [-0.2, -0.15) is 0 Å². The van der Waals surface area contributed by atoms with Crippen molar-refractivity contribution in [2.75, 3.05) is 6.54 Å². The van der Waals surface area contributed by atoms with Crippen LogP contribution in [-0.2, 0) is 4.79 Å². The number of hydrogen-bond donors (Lipinski definition) is 0. The fourth-order valence-electron chi connectivity index (χ4n) is 3.96. The van der Waals surface area contributed by atoms with Gasteiger partial charge < -0.3 is 0 Å². The average molecular weight is 207 g/mol. The van der Waals surface area contributed by atoms with Crippen molar-refractivity contribution in [2.45, 2.75) is 52.1 Å². The molecule has 1 heterocycles. The van der Waals surface area contributed by atoms with Crippen LogP contribution in [0.15, 0.2) is 0 Å². The molecule has 1 spiro atoms. The van der Waals surface area contributed by atoms with Gasteiger partial charge in [0, 0.05) is 19.0 Å². The predicted octanol–water partition coefficient (Wildman–Crippen LogP) is 2.08. The molecule has 3 rings (SSSR count). The lowest BCUT2D eigenvalue weighted by Gasteiger charge is -2.31. The summed E-state index contributed by atoms with van der Waals surface area (Å²) in [5.41, 5.74) is 0.668. The summed E-state index contributed by atoms with van der Waals surface area (Å²) in [4.78, 5) is 14.5. The second-order valence-corrected chi connectivity index (χ2v) is 5.92. The lowest BCUT2D eigenvalue weighted by molar-refractivity contribution is -0.124. The molecule has 3 fully saturated rings. The molecule has 2 heteroatoms. The van der Waals surface area contributed by atoms with Crippen molar-refractivity contribution in [3.8, 4) is 0 Å². The van der Waals surface area contributed by atoms with E-state index >= 15 is 0 Å². The Balaban J connectivity index is 1.82. The number of likely N-dealkylation sites (tertiary alicyclic amines) is 1. The molecule has 0 aromatic rings. The molecule has 15 heavy (non-hydrogen) atoms. The number of hydrogen-bond acceptors (Lipinski definition) is 2. The maximum atomic E-state index is 12.0. The van der Waals surface area contributed by atoms with E-state index in [2.05, 4.69) is 18.7 Å². The predicted molar refractivity (Wildman–Crippen MR) is 59.6 cm³/mol. The Morgan fingerprint density at radius 1 is 1.47 bits per heavy atom. The first-order valence-electron chi connectivity index (χ1n) is 6.40. The van der Waals surface area contributed by atoms with Crippen molar-refractivity contribution in [3.63, 3.8) is 0 Å². The van der Waals surface area contributed by atoms with E-state index in [-0.39, 0.29) is 6.04 Å². The van der Waals surface area contributed by atoms with E-state index in [4.69, 9.17) is 0 Å². The molecule has 0 radical (unpaired) electrons. The van der Waals surface area contributed by atoms with Crippen LogP contribution in [0.1, 0.15) is 40.0 Å². The van der Waals surface area contributed by atoms with Gasteiger partial charge in [0.2, 0.25) is 0 Å². The Hall–Kier alpha value is -0.370. The van der Waals surface area contributed by atoms with E-state index in [0.717, 1.165) is 11.8 Å². The molecule has 1 aliphatic heterocycles. The smallest absolute Gasteiger partial charge is 0.150 e. The number of Topliss-reactive ketones (excluding diaryl/α,β-unsaturated/α-hetero) is 1. The summed E-state index contributed by atoms with van der Waals surface area (Å²) in [7, 11) is 0. The Morgan fingerprint density at radius 2 is 2.13 bits per heavy atom. The topological polar surface area (TPSA) is 20.3 Å². The molecule has 0 bridgehead atoms. The number of carbonyl (C=O) groups excluding carboxylic acids is 1. The fourth-order valence-corrected chi connectivity index (χ4v) is 3.96. The van der Waals surface area contributed by atoms with Crippen molar-refractivity contribution in [3.05, 3.63) is 0 Å². The number of ketones is 1. The molecule has 2 nitrogen and oxygen atoms in total. The van der Waals surface area contributed by atoms with Crippen LogP contribution in [0.4, 0.5) is 0 Å². The van der Waals surface area contributed by atoms with E-state index < -0.39 is 0 Å². The molecule has 3 aliphatic rings. The highest BCUT2D eigenvalue weighted by Gasteiger charge is 2.78. The normalized spacial score (nSPS) is 40.9. The summed E-state index contributed by atoms with van der Waals surface area (Å²) in [5.74, 6) is 2.10. The first-order chi connectivity index (χ1) is 7.12. The Bertz CT molecular complexity index is 304. The Morgan fingerprint density at radius 3 is 2.60 bits per heavy atom. The highest BCUT2D eigenvalue weighted by Crippen LogP contribution is 2.79. The second-order valence-electron chi connectivity index (χ2n) is 5.92. The second kappa shape index (κ2) is 2.85. The summed E-state index contributed by atoms with van der Waals surface area (Å²) in [5, 5.41) is 0. The molecule has 0 N–H and O–H groups in total. The standard InChI is InChI=1S/C13H21NO/c1-4-10(15)12-11-9(13(11)5-6-13)7-14(12)8(2)3/h8-9,11-12H,4-7H2,1-3H3. The number of carbonyl (C=O) groups is 1. The van der Waals surface area contributed by atoms with Gasteiger partial charge in [0.05, 0.1) is 6.04 Å². The third kappa shape index (κ3) is 1.12. The fraction of sp³-hybridized carbons (Fsp3) is 0.923. The maximum Gasteiger partial charge on any atom is 0.150 e. The Labute approximate surface area is 92.0 Å². The van der Waals surface area contributed by atoms with Gasteiger partial charge in [-0.25, -0.2) is 0 Å². The van der Waals surface area contributed by atoms with Crippen LogP contribution in [-0.4, -0.2) is 29.3 Å². The molecule has 0 amide bonds. The number of nitrogens with zero attached hydrogens (tertiary/aromatic N) is 1. The molecule has 3 atom stereocenters.